The Morgan fingerprint density at radius 3 is 2.50 bits per heavy atom. The maximum atomic E-state index is 13.9. The molecule has 0 amide bonds. The standard InChI is InChI=1S/C15H14F3NO/c1-9-6-7-11(16)15(13(9)17)19-8-10-4-3-5-12(20-2)14(10)18/h3-7,19H,8H2,1-2H3. The fourth-order valence-electron chi connectivity index (χ4n) is 1.85. The highest BCUT2D eigenvalue weighted by Crippen LogP contribution is 2.24. The smallest absolute Gasteiger partial charge is 0.170 e. The number of halogens is 3. The molecule has 0 spiro atoms. The first-order valence-electron chi connectivity index (χ1n) is 6.04. The molecule has 2 nitrogen and oxygen atoms in total. The molecule has 0 aliphatic rings. The molecule has 2 aromatic carbocycles. The van der Waals surface area contributed by atoms with Crippen molar-refractivity contribution in [1.29, 1.82) is 0 Å². The average Bonchev–Trinajstić information content (AvgIpc) is 2.44. The lowest BCUT2D eigenvalue weighted by Crippen LogP contribution is -2.07. The number of anilines is 1. The van der Waals surface area contributed by atoms with Gasteiger partial charge in [-0.15, -0.1) is 0 Å². The van der Waals surface area contributed by atoms with Crippen molar-refractivity contribution >= 4 is 5.69 Å². The number of nitrogens with one attached hydrogen (secondary N) is 1. The highest BCUT2D eigenvalue weighted by Gasteiger charge is 2.13. The lowest BCUT2D eigenvalue weighted by molar-refractivity contribution is 0.384. The second-order valence-electron chi connectivity index (χ2n) is 4.34. The Balaban J connectivity index is 2.24. The number of aryl methyl sites for hydroxylation is 1. The molecule has 0 atom stereocenters. The van der Waals surface area contributed by atoms with Gasteiger partial charge in [-0.2, -0.15) is 0 Å². The highest BCUT2D eigenvalue weighted by molar-refractivity contribution is 5.49. The van der Waals surface area contributed by atoms with Gasteiger partial charge in [-0.3, -0.25) is 0 Å². The Hall–Kier alpha value is -2.17. The topological polar surface area (TPSA) is 21.3 Å². The number of methoxy groups -OCH3 is 1. The fourth-order valence-corrected chi connectivity index (χ4v) is 1.85. The maximum Gasteiger partial charge on any atom is 0.170 e. The molecule has 0 radical (unpaired) electrons. The van der Waals surface area contributed by atoms with Gasteiger partial charge in [0.15, 0.2) is 17.4 Å². The number of hydrogen-bond donors (Lipinski definition) is 1. The van der Waals surface area contributed by atoms with Crippen LogP contribution in [-0.4, -0.2) is 7.11 Å². The summed E-state index contributed by atoms with van der Waals surface area (Å²) in [5, 5.41) is 2.58. The summed E-state index contributed by atoms with van der Waals surface area (Å²) in [6.07, 6.45) is 0. The number of benzene rings is 2. The summed E-state index contributed by atoms with van der Waals surface area (Å²) in [7, 11) is 1.36. The minimum atomic E-state index is -0.712. The molecule has 0 bridgehead atoms. The van der Waals surface area contributed by atoms with Crippen molar-refractivity contribution in [2.24, 2.45) is 0 Å². The lowest BCUT2D eigenvalue weighted by Gasteiger charge is -2.12. The summed E-state index contributed by atoms with van der Waals surface area (Å²) in [5.74, 6) is -1.84. The predicted molar refractivity (Wildman–Crippen MR) is 71.4 cm³/mol. The van der Waals surface area contributed by atoms with Gasteiger partial charge in [0.1, 0.15) is 11.5 Å². The van der Waals surface area contributed by atoms with Crippen molar-refractivity contribution in [2.45, 2.75) is 13.5 Å². The Bertz CT molecular complexity index is 629. The van der Waals surface area contributed by atoms with E-state index in [-0.39, 0.29) is 23.5 Å². The summed E-state index contributed by atoms with van der Waals surface area (Å²) in [6, 6.07) is 7.13. The Morgan fingerprint density at radius 1 is 1.05 bits per heavy atom. The van der Waals surface area contributed by atoms with Crippen molar-refractivity contribution in [2.75, 3.05) is 12.4 Å². The zero-order chi connectivity index (χ0) is 14.7. The van der Waals surface area contributed by atoms with E-state index >= 15 is 0 Å². The average molecular weight is 281 g/mol. The monoisotopic (exact) mass is 281 g/mol. The molecule has 106 valence electrons. The van der Waals surface area contributed by atoms with E-state index in [2.05, 4.69) is 5.32 Å². The zero-order valence-corrected chi connectivity index (χ0v) is 11.1. The fraction of sp³-hybridized carbons (Fsp3) is 0.200. The van der Waals surface area contributed by atoms with Gasteiger partial charge in [0.2, 0.25) is 0 Å². The van der Waals surface area contributed by atoms with Crippen LogP contribution in [0.1, 0.15) is 11.1 Å². The van der Waals surface area contributed by atoms with Crippen molar-refractivity contribution in [3.05, 3.63) is 58.9 Å². The lowest BCUT2D eigenvalue weighted by atomic mass is 10.1. The van der Waals surface area contributed by atoms with E-state index in [1.807, 2.05) is 0 Å². The molecule has 0 fully saturated rings. The second kappa shape index (κ2) is 5.86. The summed E-state index contributed by atoms with van der Waals surface area (Å²) < 4.78 is 46.1. The normalized spacial score (nSPS) is 10.4. The van der Waals surface area contributed by atoms with Crippen LogP contribution in [0.15, 0.2) is 30.3 Å². The largest absolute Gasteiger partial charge is 0.494 e. The van der Waals surface area contributed by atoms with Crippen LogP contribution in [0.2, 0.25) is 0 Å². The van der Waals surface area contributed by atoms with Crippen molar-refractivity contribution < 1.29 is 17.9 Å². The van der Waals surface area contributed by atoms with Crippen LogP contribution >= 0.6 is 0 Å². The summed E-state index contributed by atoms with van der Waals surface area (Å²) >= 11 is 0. The van der Waals surface area contributed by atoms with Crippen LogP contribution in [0, 0.1) is 24.4 Å². The minimum absolute atomic E-state index is 0.0413. The first-order valence-corrected chi connectivity index (χ1v) is 6.04. The van der Waals surface area contributed by atoms with E-state index in [4.69, 9.17) is 4.74 Å². The van der Waals surface area contributed by atoms with E-state index in [1.165, 1.54) is 38.3 Å². The third-order valence-corrected chi connectivity index (χ3v) is 3.00. The van der Waals surface area contributed by atoms with Gasteiger partial charge < -0.3 is 10.1 Å². The number of rotatable bonds is 4. The first-order chi connectivity index (χ1) is 9.54. The Morgan fingerprint density at radius 2 is 1.80 bits per heavy atom. The van der Waals surface area contributed by atoms with E-state index in [0.717, 1.165) is 0 Å². The molecule has 2 aromatic rings. The van der Waals surface area contributed by atoms with Crippen LogP contribution in [-0.2, 0) is 6.54 Å². The van der Waals surface area contributed by atoms with Crippen molar-refractivity contribution in [1.82, 2.24) is 0 Å². The third kappa shape index (κ3) is 2.71. The van der Waals surface area contributed by atoms with Crippen LogP contribution in [0.3, 0.4) is 0 Å². The molecule has 2 rings (SSSR count). The van der Waals surface area contributed by atoms with Gasteiger partial charge in [0.25, 0.3) is 0 Å². The quantitative estimate of drug-likeness (QED) is 0.913. The number of ether oxygens (including phenoxy) is 1. The van der Waals surface area contributed by atoms with E-state index in [1.54, 1.807) is 6.07 Å². The number of hydrogen-bond acceptors (Lipinski definition) is 2. The van der Waals surface area contributed by atoms with Crippen LogP contribution in [0.25, 0.3) is 0 Å². The molecule has 0 unspecified atom stereocenters. The summed E-state index contributed by atoms with van der Waals surface area (Å²) in [4.78, 5) is 0. The van der Waals surface area contributed by atoms with Gasteiger partial charge in [-0.05, 0) is 24.6 Å². The molecule has 1 N–H and O–H groups in total. The van der Waals surface area contributed by atoms with Crippen LogP contribution < -0.4 is 10.1 Å². The van der Waals surface area contributed by atoms with Crippen LogP contribution in [0.5, 0.6) is 5.75 Å². The van der Waals surface area contributed by atoms with Gasteiger partial charge in [-0.25, -0.2) is 13.2 Å². The molecule has 0 heterocycles. The Labute approximate surface area is 115 Å². The molecule has 20 heavy (non-hydrogen) atoms. The predicted octanol–water partition coefficient (Wildman–Crippen LogP) is 4.03. The SMILES string of the molecule is COc1cccc(CNc2c(F)ccc(C)c2F)c1F. The van der Waals surface area contributed by atoms with E-state index < -0.39 is 17.5 Å². The van der Waals surface area contributed by atoms with Gasteiger partial charge in [0.05, 0.1) is 7.11 Å². The molecule has 5 heteroatoms. The van der Waals surface area contributed by atoms with Gasteiger partial charge >= 0.3 is 0 Å². The zero-order valence-electron chi connectivity index (χ0n) is 11.1. The molecule has 0 saturated heterocycles. The van der Waals surface area contributed by atoms with E-state index in [9.17, 15) is 13.2 Å². The third-order valence-electron chi connectivity index (χ3n) is 3.00. The van der Waals surface area contributed by atoms with Crippen LogP contribution in [0.4, 0.5) is 18.9 Å². The molecule has 0 aromatic heterocycles. The molecular formula is C15H14F3NO. The molecule has 0 saturated carbocycles. The highest BCUT2D eigenvalue weighted by atomic mass is 19.1. The van der Waals surface area contributed by atoms with Crippen molar-refractivity contribution in [3.8, 4) is 5.75 Å². The summed E-state index contributed by atoms with van der Waals surface area (Å²) in [5.41, 5.74) is 0.330. The maximum absolute atomic E-state index is 13.9. The van der Waals surface area contributed by atoms with Crippen molar-refractivity contribution in [3.63, 3.8) is 0 Å². The van der Waals surface area contributed by atoms with Gasteiger partial charge in [-0.1, -0.05) is 18.2 Å². The summed E-state index contributed by atoms with van der Waals surface area (Å²) in [6.45, 7) is 1.49. The molecule has 0 aliphatic heterocycles. The van der Waals surface area contributed by atoms with E-state index in [0.29, 0.717) is 5.56 Å². The Kier molecular flexibility index (Phi) is 4.17. The second-order valence-corrected chi connectivity index (χ2v) is 4.34. The van der Waals surface area contributed by atoms with Gasteiger partial charge in [0, 0.05) is 12.1 Å². The molecular weight excluding hydrogens is 267 g/mol. The minimum Gasteiger partial charge on any atom is -0.494 e. The molecule has 0 aliphatic carbocycles. The first kappa shape index (κ1) is 14.2.